The highest BCUT2D eigenvalue weighted by atomic mass is 79.9. The van der Waals surface area contributed by atoms with Gasteiger partial charge in [0.2, 0.25) is 10.0 Å². The van der Waals surface area contributed by atoms with Crippen LogP contribution in [-0.4, -0.2) is 25.8 Å². The second-order valence-corrected chi connectivity index (χ2v) is 8.90. The zero-order chi connectivity index (χ0) is 15.6. The predicted octanol–water partition coefficient (Wildman–Crippen LogP) is 4.35. The van der Waals surface area contributed by atoms with Gasteiger partial charge in [-0.3, -0.25) is 0 Å². The molecule has 3 nitrogen and oxygen atoms in total. The maximum absolute atomic E-state index is 12.9. The van der Waals surface area contributed by atoms with E-state index in [-0.39, 0.29) is 6.04 Å². The highest BCUT2D eigenvalue weighted by molar-refractivity contribution is 9.10. The Bertz CT molecular complexity index is 592. The average molecular weight is 374 g/mol. The van der Waals surface area contributed by atoms with E-state index < -0.39 is 10.0 Å². The predicted molar refractivity (Wildman–Crippen MR) is 89.9 cm³/mol. The van der Waals surface area contributed by atoms with Gasteiger partial charge in [-0.15, -0.1) is 0 Å². The third kappa shape index (κ3) is 3.69. The summed E-state index contributed by atoms with van der Waals surface area (Å²) >= 11 is 3.37. The highest BCUT2D eigenvalue weighted by Gasteiger charge is 2.31. The Morgan fingerprint density at radius 1 is 1.24 bits per heavy atom. The summed E-state index contributed by atoms with van der Waals surface area (Å²) in [6, 6.07) is 5.56. The Morgan fingerprint density at radius 3 is 2.43 bits per heavy atom. The van der Waals surface area contributed by atoms with Crippen molar-refractivity contribution in [1.29, 1.82) is 0 Å². The number of nitrogens with zero attached hydrogens (tertiary/aromatic N) is 1. The topological polar surface area (TPSA) is 37.4 Å². The fourth-order valence-electron chi connectivity index (χ4n) is 3.12. The van der Waals surface area contributed by atoms with Crippen molar-refractivity contribution in [1.82, 2.24) is 4.31 Å². The monoisotopic (exact) mass is 373 g/mol. The number of hydrogen-bond acceptors (Lipinski definition) is 2. The molecule has 0 spiro atoms. The van der Waals surface area contributed by atoms with Crippen LogP contribution in [0.15, 0.2) is 27.6 Å². The summed E-state index contributed by atoms with van der Waals surface area (Å²) < 4.78 is 28.1. The molecule has 0 unspecified atom stereocenters. The van der Waals surface area contributed by atoms with Crippen LogP contribution in [0, 0.1) is 12.8 Å². The molecule has 1 aromatic carbocycles. The minimum atomic E-state index is -3.41. The Balaban J connectivity index is 2.21. The van der Waals surface area contributed by atoms with E-state index in [1.807, 2.05) is 19.1 Å². The molecule has 0 saturated heterocycles. The van der Waals surface area contributed by atoms with E-state index in [0.29, 0.717) is 4.90 Å². The maximum atomic E-state index is 12.9. The lowest BCUT2D eigenvalue weighted by Gasteiger charge is -2.34. The van der Waals surface area contributed by atoms with Gasteiger partial charge < -0.3 is 0 Å². The first-order valence-electron chi connectivity index (χ1n) is 7.60. The van der Waals surface area contributed by atoms with Crippen LogP contribution >= 0.6 is 15.9 Å². The quantitative estimate of drug-likeness (QED) is 0.786. The van der Waals surface area contributed by atoms with Gasteiger partial charge in [0.25, 0.3) is 0 Å². The van der Waals surface area contributed by atoms with E-state index in [4.69, 9.17) is 0 Å². The number of hydrogen-bond donors (Lipinski definition) is 0. The van der Waals surface area contributed by atoms with Crippen LogP contribution in [0.5, 0.6) is 0 Å². The summed E-state index contributed by atoms with van der Waals surface area (Å²) in [5.41, 5.74) is 0.798. The molecule has 1 aliphatic rings. The fraction of sp³-hybridized carbons (Fsp3) is 0.625. The third-order valence-corrected chi connectivity index (χ3v) is 7.26. The van der Waals surface area contributed by atoms with Crippen molar-refractivity contribution in [2.45, 2.75) is 56.9 Å². The number of halogens is 1. The normalized spacial score (nSPS) is 23.5. The Morgan fingerprint density at radius 2 is 1.86 bits per heavy atom. The molecule has 0 heterocycles. The smallest absolute Gasteiger partial charge is 0.207 e. The number of aryl methyl sites for hydroxylation is 1. The first-order valence-corrected chi connectivity index (χ1v) is 9.83. The lowest BCUT2D eigenvalue weighted by Crippen LogP contribution is -2.39. The molecule has 0 aromatic heterocycles. The van der Waals surface area contributed by atoms with Crippen molar-refractivity contribution in [3.63, 3.8) is 0 Å². The number of benzene rings is 1. The SMILES string of the molecule is CCC1CCC(N(C)S(=O)(=O)c2cc(Br)ccc2C)CC1. The van der Waals surface area contributed by atoms with Gasteiger partial charge in [0.15, 0.2) is 0 Å². The fourth-order valence-corrected chi connectivity index (χ4v) is 5.30. The second-order valence-electron chi connectivity index (χ2n) is 6.01. The van der Waals surface area contributed by atoms with Gasteiger partial charge in [0, 0.05) is 17.6 Å². The van der Waals surface area contributed by atoms with Crippen molar-refractivity contribution < 1.29 is 8.42 Å². The summed E-state index contributed by atoms with van der Waals surface area (Å²) in [5, 5.41) is 0. The second kappa shape index (κ2) is 6.80. The molecule has 1 aromatic rings. The largest absolute Gasteiger partial charge is 0.243 e. The van der Waals surface area contributed by atoms with Crippen LogP contribution in [0.25, 0.3) is 0 Å². The van der Waals surface area contributed by atoms with Gasteiger partial charge in [-0.2, -0.15) is 4.31 Å². The Kier molecular flexibility index (Phi) is 5.49. The van der Waals surface area contributed by atoms with Gasteiger partial charge in [-0.05, 0) is 56.2 Å². The Labute approximate surface area is 136 Å². The molecular formula is C16H24BrNO2S. The van der Waals surface area contributed by atoms with Crippen LogP contribution in [0.2, 0.25) is 0 Å². The molecule has 0 atom stereocenters. The maximum Gasteiger partial charge on any atom is 0.243 e. The Hall–Kier alpha value is -0.390. The van der Waals surface area contributed by atoms with Crippen molar-refractivity contribution in [3.8, 4) is 0 Å². The van der Waals surface area contributed by atoms with E-state index in [1.54, 1.807) is 17.4 Å². The molecule has 1 fully saturated rings. The van der Waals surface area contributed by atoms with Crippen molar-refractivity contribution >= 4 is 26.0 Å². The molecule has 0 radical (unpaired) electrons. The zero-order valence-corrected chi connectivity index (χ0v) is 15.4. The zero-order valence-electron chi connectivity index (χ0n) is 13.0. The van der Waals surface area contributed by atoms with E-state index in [1.165, 1.54) is 6.42 Å². The minimum Gasteiger partial charge on any atom is -0.207 e. The molecule has 0 amide bonds. The highest BCUT2D eigenvalue weighted by Crippen LogP contribution is 2.32. The van der Waals surface area contributed by atoms with Crippen LogP contribution in [-0.2, 0) is 10.0 Å². The standard InChI is InChI=1S/C16H24BrNO2S/c1-4-13-6-9-15(10-7-13)18(3)21(19,20)16-11-14(17)8-5-12(16)2/h5,8,11,13,15H,4,6-7,9-10H2,1-3H3. The molecule has 0 bridgehead atoms. The van der Waals surface area contributed by atoms with Gasteiger partial charge in [0.1, 0.15) is 0 Å². The summed E-state index contributed by atoms with van der Waals surface area (Å²) in [6.45, 7) is 4.07. The molecule has 118 valence electrons. The number of rotatable bonds is 4. The summed E-state index contributed by atoms with van der Waals surface area (Å²) in [5.74, 6) is 0.768. The minimum absolute atomic E-state index is 0.135. The van der Waals surface area contributed by atoms with E-state index in [9.17, 15) is 8.42 Å². The van der Waals surface area contributed by atoms with Crippen LogP contribution in [0.4, 0.5) is 0 Å². The van der Waals surface area contributed by atoms with Gasteiger partial charge in [-0.25, -0.2) is 8.42 Å². The molecule has 0 aliphatic heterocycles. The summed E-state index contributed by atoms with van der Waals surface area (Å²) in [6.07, 6.45) is 5.42. The van der Waals surface area contributed by atoms with Crippen molar-refractivity contribution in [2.24, 2.45) is 5.92 Å². The molecular weight excluding hydrogens is 350 g/mol. The van der Waals surface area contributed by atoms with Crippen molar-refractivity contribution in [3.05, 3.63) is 28.2 Å². The lowest BCUT2D eigenvalue weighted by molar-refractivity contribution is 0.233. The molecule has 5 heteroatoms. The number of sulfonamides is 1. The van der Waals surface area contributed by atoms with E-state index in [2.05, 4.69) is 22.9 Å². The molecule has 1 aliphatic carbocycles. The van der Waals surface area contributed by atoms with Gasteiger partial charge in [-0.1, -0.05) is 35.3 Å². The summed E-state index contributed by atoms with van der Waals surface area (Å²) in [7, 11) is -1.68. The third-order valence-electron chi connectivity index (χ3n) is 4.72. The molecule has 1 saturated carbocycles. The van der Waals surface area contributed by atoms with Crippen LogP contribution < -0.4 is 0 Å². The summed E-state index contributed by atoms with van der Waals surface area (Å²) in [4.78, 5) is 0.414. The van der Waals surface area contributed by atoms with E-state index in [0.717, 1.165) is 41.6 Å². The van der Waals surface area contributed by atoms with E-state index >= 15 is 0 Å². The van der Waals surface area contributed by atoms with Crippen LogP contribution in [0.1, 0.15) is 44.6 Å². The van der Waals surface area contributed by atoms with Crippen LogP contribution in [0.3, 0.4) is 0 Å². The van der Waals surface area contributed by atoms with Gasteiger partial charge in [0.05, 0.1) is 4.90 Å². The first kappa shape index (κ1) is 17.0. The molecule has 21 heavy (non-hydrogen) atoms. The van der Waals surface area contributed by atoms with Gasteiger partial charge >= 0.3 is 0 Å². The first-order chi connectivity index (χ1) is 9.86. The lowest BCUT2D eigenvalue weighted by atomic mass is 9.85. The van der Waals surface area contributed by atoms with Crippen molar-refractivity contribution in [2.75, 3.05) is 7.05 Å². The molecule has 0 N–H and O–H groups in total. The average Bonchev–Trinajstić information content (AvgIpc) is 2.49. The molecule has 2 rings (SSSR count).